The Morgan fingerprint density at radius 3 is 3.08 bits per heavy atom. The van der Waals surface area contributed by atoms with E-state index in [4.69, 9.17) is 4.78 Å². The van der Waals surface area contributed by atoms with Crippen molar-refractivity contribution < 1.29 is 4.21 Å². The minimum absolute atomic E-state index is 0.432. The molecule has 2 rings (SSSR count). The van der Waals surface area contributed by atoms with Gasteiger partial charge in [0.2, 0.25) is 0 Å². The average Bonchev–Trinajstić information content (AvgIpc) is 2.47. The summed E-state index contributed by atoms with van der Waals surface area (Å²) in [7, 11) is -2.19. The van der Waals surface area contributed by atoms with Gasteiger partial charge in [0.1, 0.15) is 29.0 Å². The Morgan fingerprint density at radius 2 is 2.33 bits per heavy atom. The van der Waals surface area contributed by atoms with Gasteiger partial charge in [-0.3, -0.25) is 0 Å². The predicted octanol–water partition coefficient (Wildman–Crippen LogP) is -0.167. The number of rotatable bonds is 1. The molecule has 0 aliphatic carbocycles. The second kappa shape index (κ2) is 2.52. The Hall–Kier alpha value is -1.50. The van der Waals surface area contributed by atoms with Gasteiger partial charge in [0, 0.05) is 0 Å². The van der Waals surface area contributed by atoms with Gasteiger partial charge >= 0.3 is 0 Å². The van der Waals surface area contributed by atoms with Gasteiger partial charge in [0.15, 0.2) is 5.65 Å². The molecule has 2 heterocycles. The summed E-state index contributed by atoms with van der Waals surface area (Å²) < 4.78 is 19.0. The van der Waals surface area contributed by atoms with E-state index in [9.17, 15) is 4.21 Å². The summed E-state index contributed by atoms with van der Waals surface area (Å²) in [4.78, 5) is 11.5. The number of aromatic nitrogens is 4. The molecule has 12 heavy (non-hydrogen) atoms. The number of imidazole rings is 1. The molecular weight excluding hydrogens is 178 g/mol. The summed E-state index contributed by atoms with van der Waals surface area (Å²) in [5.74, 6) is 0. The third-order valence-corrected chi connectivity index (χ3v) is 2.08. The van der Waals surface area contributed by atoms with Crippen molar-refractivity contribution in [1.82, 2.24) is 18.9 Å². The first kappa shape index (κ1) is 7.17. The van der Waals surface area contributed by atoms with Gasteiger partial charge < -0.3 is 0 Å². The summed E-state index contributed by atoms with van der Waals surface area (Å²) in [6.07, 6.45) is 4.17. The summed E-state index contributed by atoms with van der Waals surface area (Å²) in [6, 6.07) is 0. The molecule has 2 aromatic rings. The Labute approximate surface area is 69.4 Å². The van der Waals surface area contributed by atoms with Gasteiger partial charge in [0.05, 0.1) is 6.20 Å². The fourth-order valence-electron chi connectivity index (χ4n) is 0.888. The largest absolute Gasteiger partial charge is 0.242 e. The zero-order chi connectivity index (χ0) is 8.55. The van der Waals surface area contributed by atoms with Crippen LogP contribution in [0.15, 0.2) is 18.9 Å². The first-order valence-electron chi connectivity index (χ1n) is 3.11. The second-order valence-electron chi connectivity index (χ2n) is 2.09. The van der Waals surface area contributed by atoms with Crippen molar-refractivity contribution in [3.8, 4) is 0 Å². The minimum Gasteiger partial charge on any atom is -0.242 e. The van der Waals surface area contributed by atoms with Crippen molar-refractivity contribution in [3.63, 3.8) is 0 Å². The Morgan fingerprint density at radius 1 is 1.50 bits per heavy atom. The SMILES string of the molecule is N=[SH](=O)n1cnc2cncnc21. The first-order valence-corrected chi connectivity index (χ1v) is 4.32. The van der Waals surface area contributed by atoms with E-state index in [-0.39, 0.29) is 0 Å². The molecule has 0 aliphatic rings. The van der Waals surface area contributed by atoms with Gasteiger partial charge in [0.25, 0.3) is 0 Å². The summed E-state index contributed by atoms with van der Waals surface area (Å²) in [5, 5.41) is 0. The average molecular weight is 183 g/mol. The highest BCUT2D eigenvalue weighted by Gasteiger charge is 2.01. The summed E-state index contributed by atoms with van der Waals surface area (Å²) in [5.41, 5.74) is 0.981. The molecule has 62 valence electrons. The monoisotopic (exact) mass is 183 g/mol. The van der Waals surface area contributed by atoms with Crippen molar-refractivity contribution in [2.24, 2.45) is 0 Å². The maximum Gasteiger partial charge on any atom is 0.175 e. The highest BCUT2D eigenvalue weighted by molar-refractivity contribution is 7.72. The molecule has 0 aliphatic heterocycles. The maximum atomic E-state index is 10.8. The quantitative estimate of drug-likeness (QED) is 0.601. The molecule has 0 aromatic carbocycles. The topological polar surface area (TPSA) is 84.5 Å². The van der Waals surface area contributed by atoms with E-state index < -0.39 is 10.8 Å². The zero-order valence-electron chi connectivity index (χ0n) is 5.88. The fourth-order valence-corrected chi connectivity index (χ4v) is 1.36. The Bertz CT molecular complexity index is 479. The van der Waals surface area contributed by atoms with Crippen LogP contribution in [0.3, 0.4) is 0 Å². The normalized spacial score (nSPS) is 13.3. The number of fused-ring (bicyclic) bond motifs is 1. The highest BCUT2D eigenvalue weighted by Crippen LogP contribution is 2.05. The van der Waals surface area contributed by atoms with E-state index in [1.165, 1.54) is 22.8 Å². The second-order valence-corrected chi connectivity index (χ2v) is 3.07. The molecule has 0 saturated carbocycles. The van der Waals surface area contributed by atoms with E-state index in [0.717, 1.165) is 0 Å². The van der Waals surface area contributed by atoms with Crippen LogP contribution in [0.4, 0.5) is 0 Å². The van der Waals surface area contributed by atoms with Crippen molar-refractivity contribution in [3.05, 3.63) is 18.9 Å². The molecule has 1 unspecified atom stereocenters. The number of hydrogen-bond donors (Lipinski definition) is 2. The van der Waals surface area contributed by atoms with Gasteiger partial charge in [-0.2, -0.15) is 0 Å². The smallest absolute Gasteiger partial charge is 0.175 e. The predicted molar refractivity (Wildman–Crippen MR) is 43.0 cm³/mol. The molecular formula is C5H5N5OS. The van der Waals surface area contributed by atoms with Crippen LogP contribution in [0.5, 0.6) is 0 Å². The summed E-state index contributed by atoms with van der Waals surface area (Å²) in [6.45, 7) is 0. The van der Waals surface area contributed by atoms with Crippen LogP contribution >= 0.6 is 0 Å². The van der Waals surface area contributed by atoms with Crippen molar-refractivity contribution in [1.29, 1.82) is 4.78 Å². The molecule has 6 nitrogen and oxygen atoms in total. The lowest BCUT2D eigenvalue weighted by Gasteiger charge is -1.90. The standard InChI is InChI=1S/C5H5N5OS/c6-12(11)10-3-9-4-1-7-2-8-5(4)10/h1-3,6,12H. The molecule has 7 heteroatoms. The third-order valence-electron chi connectivity index (χ3n) is 1.39. The fraction of sp³-hybridized carbons (Fsp3) is 0. The molecule has 1 atom stereocenters. The van der Waals surface area contributed by atoms with Crippen molar-refractivity contribution in [2.45, 2.75) is 0 Å². The van der Waals surface area contributed by atoms with Crippen molar-refractivity contribution >= 4 is 21.9 Å². The lowest BCUT2D eigenvalue weighted by Crippen LogP contribution is -1.93. The number of nitrogens with zero attached hydrogens (tertiary/aromatic N) is 4. The van der Waals surface area contributed by atoms with Crippen LogP contribution in [-0.4, -0.2) is 23.1 Å². The van der Waals surface area contributed by atoms with Gasteiger partial charge in [-0.15, -0.1) is 0 Å². The lowest BCUT2D eigenvalue weighted by atomic mass is 10.6. The molecule has 0 bridgehead atoms. The molecule has 0 radical (unpaired) electrons. The Kier molecular flexibility index (Phi) is 1.51. The van der Waals surface area contributed by atoms with Crippen LogP contribution in [0, 0.1) is 4.78 Å². The van der Waals surface area contributed by atoms with Crippen LogP contribution < -0.4 is 0 Å². The van der Waals surface area contributed by atoms with Crippen molar-refractivity contribution in [2.75, 3.05) is 0 Å². The number of thiol groups is 1. The molecule has 2 aromatic heterocycles. The molecule has 1 N–H and O–H groups in total. The molecule has 0 saturated heterocycles. The van der Waals surface area contributed by atoms with Crippen LogP contribution in [0.2, 0.25) is 0 Å². The highest BCUT2D eigenvalue weighted by atomic mass is 32.2. The number of hydrogen-bond acceptors (Lipinski definition) is 5. The molecule has 0 amide bonds. The van der Waals surface area contributed by atoms with Crippen LogP contribution in [-0.2, 0) is 10.8 Å². The lowest BCUT2D eigenvalue weighted by molar-refractivity contribution is 0.682. The van der Waals surface area contributed by atoms with Crippen LogP contribution in [0.25, 0.3) is 11.2 Å². The van der Waals surface area contributed by atoms with Gasteiger partial charge in [-0.05, 0) is 0 Å². The Balaban J connectivity index is 2.87. The molecule has 0 fully saturated rings. The van der Waals surface area contributed by atoms with E-state index >= 15 is 0 Å². The van der Waals surface area contributed by atoms with E-state index in [1.807, 2.05) is 0 Å². The zero-order valence-corrected chi connectivity index (χ0v) is 6.77. The van der Waals surface area contributed by atoms with Gasteiger partial charge in [-0.1, -0.05) is 0 Å². The van der Waals surface area contributed by atoms with Crippen LogP contribution in [0.1, 0.15) is 0 Å². The van der Waals surface area contributed by atoms with E-state index in [0.29, 0.717) is 11.2 Å². The van der Waals surface area contributed by atoms with E-state index in [2.05, 4.69) is 15.0 Å². The van der Waals surface area contributed by atoms with E-state index in [1.54, 1.807) is 0 Å². The molecule has 0 spiro atoms. The third kappa shape index (κ3) is 0.944. The summed E-state index contributed by atoms with van der Waals surface area (Å²) >= 11 is 0. The van der Waals surface area contributed by atoms with Gasteiger partial charge in [-0.25, -0.2) is 27.9 Å². The number of nitrogens with one attached hydrogen (secondary N) is 1. The maximum absolute atomic E-state index is 10.8. The minimum atomic E-state index is -2.19. The first-order chi connectivity index (χ1) is 5.79.